The van der Waals surface area contributed by atoms with Crippen molar-refractivity contribution in [3.8, 4) is 0 Å². The Hall–Kier alpha value is -2.68. The highest BCUT2D eigenvalue weighted by atomic mass is 16.5. The van der Waals surface area contributed by atoms with E-state index in [4.69, 9.17) is 19.0 Å². The van der Waals surface area contributed by atoms with E-state index in [2.05, 4.69) is 10.3 Å². The highest BCUT2D eigenvalue weighted by molar-refractivity contribution is 5.94. The Bertz CT molecular complexity index is 942. The SMILES string of the molecule is CCn1nc(CCCCOC(=O)c2coc(C)n2)c2c1C(=O)NCC1(CCOCC1)C2. The topological polar surface area (TPSA) is 108 Å². The molecule has 0 aromatic carbocycles. The first-order chi connectivity index (χ1) is 15.0. The summed E-state index contributed by atoms with van der Waals surface area (Å²) in [5.74, 6) is -0.0691. The maximum absolute atomic E-state index is 12.8. The predicted molar refractivity (Wildman–Crippen MR) is 111 cm³/mol. The number of ether oxygens (including phenoxy) is 2. The summed E-state index contributed by atoms with van der Waals surface area (Å²) in [4.78, 5) is 28.8. The molecular weight excluding hydrogens is 400 g/mol. The van der Waals surface area contributed by atoms with E-state index in [9.17, 15) is 9.59 Å². The van der Waals surface area contributed by atoms with Gasteiger partial charge in [0.25, 0.3) is 5.91 Å². The number of carbonyl (C=O) groups is 2. The minimum atomic E-state index is -0.473. The molecule has 0 radical (unpaired) electrons. The molecule has 0 saturated carbocycles. The number of aryl methyl sites for hydroxylation is 3. The first-order valence-corrected chi connectivity index (χ1v) is 11.0. The van der Waals surface area contributed by atoms with Crippen LogP contribution < -0.4 is 5.32 Å². The third kappa shape index (κ3) is 4.66. The zero-order valence-electron chi connectivity index (χ0n) is 18.2. The van der Waals surface area contributed by atoms with Gasteiger partial charge in [0, 0.05) is 38.8 Å². The molecule has 4 rings (SSSR count). The molecule has 1 spiro atoms. The lowest BCUT2D eigenvalue weighted by Gasteiger charge is -2.36. The second kappa shape index (κ2) is 9.21. The Balaban J connectivity index is 1.39. The molecule has 1 fully saturated rings. The number of oxazole rings is 1. The summed E-state index contributed by atoms with van der Waals surface area (Å²) in [7, 11) is 0. The number of aromatic nitrogens is 3. The van der Waals surface area contributed by atoms with E-state index in [0.717, 1.165) is 56.6 Å². The van der Waals surface area contributed by atoms with Crippen LogP contribution in [0.1, 0.15) is 70.7 Å². The number of nitrogens with zero attached hydrogens (tertiary/aromatic N) is 3. The third-order valence-corrected chi connectivity index (χ3v) is 6.25. The number of amides is 1. The van der Waals surface area contributed by atoms with Crippen molar-refractivity contribution in [3.63, 3.8) is 0 Å². The molecule has 2 aromatic rings. The first kappa shape index (κ1) is 21.5. The van der Waals surface area contributed by atoms with Gasteiger partial charge in [0.15, 0.2) is 11.6 Å². The number of esters is 1. The smallest absolute Gasteiger partial charge is 0.360 e. The molecule has 1 amide bonds. The van der Waals surface area contributed by atoms with Gasteiger partial charge in [0.1, 0.15) is 12.0 Å². The molecule has 1 N–H and O–H groups in total. The fraction of sp³-hybridized carbons (Fsp3) is 0.636. The van der Waals surface area contributed by atoms with Crippen LogP contribution in [-0.4, -0.2) is 53.0 Å². The van der Waals surface area contributed by atoms with Crippen molar-refractivity contribution in [2.45, 2.75) is 58.9 Å². The molecule has 0 atom stereocenters. The maximum atomic E-state index is 12.8. The number of hydrogen-bond donors (Lipinski definition) is 1. The van der Waals surface area contributed by atoms with Crippen LogP contribution in [0, 0.1) is 12.3 Å². The molecule has 0 unspecified atom stereocenters. The molecule has 168 valence electrons. The Morgan fingerprint density at radius 1 is 1.32 bits per heavy atom. The maximum Gasteiger partial charge on any atom is 0.360 e. The van der Waals surface area contributed by atoms with Crippen LogP contribution in [-0.2, 0) is 28.9 Å². The van der Waals surface area contributed by atoms with E-state index in [1.165, 1.54) is 6.26 Å². The van der Waals surface area contributed by atoms with Crippen molar-refractivity contribution in [1.82, 2.24) is 20.1 Å². The van der Waals surface area contributed by atoms with Gasteiger partial charge in [-0.25, -0.2) is 9.78 Å². The van der Waals surface area contributed by atoms with Gasteiger partial charge in [0.2, 0.25) is 0 Å². The van der Waals surface area contributed by atoms with E-state index in [0.29, 0.717) is 37.7 Å². The summed E-state index contributed by atoms with van der Waals surface area (Å²) in [6.07, 6.45) is 6.32. The largest absolute Gasteiger partial charge is 0.461 e. The third-order valence-electron chi connectivity index (χ3n) is 6.25. The van der Waals surface area contributed by atoms with E-state index >= 15 is 0 Å². The van der Waals surface area contributed by atoms with Crippen molar-refractivity contribution in [2.75, 3.05) is 26.4 Å². The fourth-order valence-corrected chi connectivity index (χ4v) is 4.46. The Kier molecular flexibility index (Phi) is 6.41. The molecule has 4 heterocycles. The Morgan fingerprint density at radius 3 is 2.84 bits per heavy atom. The summed E-state index contributed by atoms with van der Waals surface area (Å²) < 4.78 is 17.7. The molecule has 0 bridgehead atoms. The minimum absolute atomic E-state index is 0.0317. The van der Waals surface area contributed by atoms with Crippen molar-refractivity contribution in [1.29, 1.82) is 0 Å². The standard InChI is InChI=1S/C22H30N4O5/c1-3-26-19-16(12-22(14-23-20(19)27)7-10-29-11-8-22)17(25-26)6-4-5-9-30-21(28)18-13-31-15(2)24-18/h13H,3-12,14H2,1-2H3,(H,23,27). The number of rotatable bonds is 7. The summed E-state index contributed by atoms with van der Waals surface area (Å²) in [5.41, 5.74) is 3.00. The Labute approximate surface area is 181 Å². The number of nitrogens with one attached hydrogen (secondary N) is 1. The normalized spacial score (nSPS) is 17.8. The van der Waals surface area contributed by atoms with Crippen LogP contribution in [0.15, 0.2) is 10.7 Å². The summed E-state index contributed by atoms with van der Waals surface area (Å²) in [6.45, 7) is 6.80. The average Bonchev–Trinajstić information content (AvgIpc) is 3.32. The highest BCUT2D eigenvalue weighted by Gasteiger charge is 2.39. The van der Waals surface area contributed by atoms with Gasteiger partial charge < -0.3 is 19.2 Å². The molecular formula is C22H30N4O5. The Morgan fingerprint density at radius 2 is 2.13 bits per heavy atom. The number of unbranched alkanes of at least 4 members (excludes halogenated alkanes) is 1. The van der Waals surface area contributed by atoms with Gasteiger partial charge in [0.05, 0.1) is 12.3 Å². The van der Waals surface area contributed by atoms with Crippen LogP contribution >= 0.6 is 0 Å². The van der Waals surface area contributed by atoms with Crippen molar-refractivity contribution in [2.24, 2.45) is 5.41 Å². The first-order valence-electron chi connectivity index (χ1n) is 11.0. The lowest BCUT2D eigenvalue weighted by molar-refractivity contribution is 0.0160. The molecule has 1 saturated heterocycles. The van der Waals surface area contributed by atoms with Crippen LogP contribution in [0.4, 0.5) is 0 Å². The van der Waals surface area contributed by atoms with E-state index < -0.39 is 5.97 Å². The van der Waals surface area contributed by atoms with Crippen molar-refractivity contribution < 1.29 is 23.5 Å². The summed E-state index contributed by atoms with van der Waals surface area (Å²) in [6, 6.07) is 0. The zero-order valence-corrected chi connectivity index (χ0v) is 18.2. The van der Waals surface area contributed by atoms with E-state index in [-0.39, 0.29) is 17.0 Å². The van der Waals surface area contributed by atoms with Gasteiger partial charge in [-0.1, -0.05) is 0 Å². The second-order valence-corrected chi connectivity index (χ2v) is 8.41. The number of fused-ring (bicyclic) bond motifs is 1. The van der Waals surface area contributed by atoms with Gasteiger partial charge in [-0.05, 0) is 50.9 Å². The molecule has 9 heteroatoms. The molecule has 0 aliphatic carbocycles. The fourth-order valence-electron chi connectivity index (χ4n) is 4.46. The van der Waals surface area contributed by atoms with Crippen molar-refractivity contribution >= 4 is 11.9 Å². The van der Waals surface area contributed by atoms with Crippen LogP contribution in [0.2, 0.25) is 0 Å². The lowest BCUT2D eigenvalue weighted by Crippen LogP contribution is -2.40. The van der Waals surface area contributed by atoms with Gasteiger partial charge >= 0.3 is 5.97 Å². The second-order valence-electron chi connectivity index (χ2n) is 8.41. The zero-order chi connectivity index (χ0) is 21.8. The quantitative estimate of drug-likeness (QED) is 0.531. The van der Waals surface area contributed by atoms with Crippen molar-refractivity contribution in [3.05, 3.63) is 34.8 Å². The van der Waals surface area contributed by atoms with E-state index in [1.54, 1.807) is 6.92 Å². The van der Waals surface area contributed by atoms with E-state index in [1.807, 2.05) is 11.6 Å². The van der Waals surface area contributed by atoms with Crippen LogP contribution in [0.3, 0.4) is 0 Å². The molecule has 2 aliphatic heterocycles. The lowest BCUT2D eigenvalue weighted by atomic mass is 9.75. The molecule has 9 nitrogen and oxygen atoms in total. The minimum Gasteiger partial charge on any atom is -0.461 e. The van der Waals surface area contributed by atoms with Gasteiger partial charge in [-0.3, -0.25) is 9.48 Å². The monoisotopic (exact) mass is 430 g/mol. The molecule has 2 aliphatic rings. The predicted octanol–water partition coefficient (Wildman–Crippen LogP) is 2.46. The van der Waals surface area contributed by atoms with Gasteiger partial charge in [-0.2, -0.15) is 5.10 Å². The van der Waals surface area contributed by atoms with Crippen LogP contribution in [0.5, 0.6) is 0 Å². The number of carbonyl (C=O) groups excluding carboxylic acids is 2. The number of hydrogen-bond acceptors (Lipinski definition) is 7. The molecule has 2 aromatic heterocycles. The van der Waals surface area contributed by atoms with Gasteiger partial charge in [-0.15, -0.1) is 0 Å². The molecule has 31 heavy (non-hydrogen) atoms. The average molecular weight is 431 g/mol. The summed E-state index contributed by atoms with van der Waals surface area (Å²) in [5, 5.41) is 7.89. The summed E-state index contributed by atoms with van der Waals surface area (Å²) >= 11 is 0. The highest BCUT2D eigenvalue weighted by Crippen LogP contribution is 2.37. The van der Waals surface area contributed by atoms with Crippen LogP contribution in [0.25, 0.3) is 0 Å².